The van der Waals surface area contributed by atoms with E-state index in [4.69, 9.17) is 16.3 Å². The summed E-state index contributed by atoms with van der Waals surface area (Å²) in [4.78, 5) is 14.1. The van der Waals surface area contributed by atoms with Gasteiger partial charge in [-0.15, -0.1) is 11.6 Å². The molecule has 1 aromatic carbocycles. The second-order valence-electron chi connectivity index (χ2n) is 4.65. The molecule has 0 unspecified atom stereocenters. The molecule has 0 fully saturated rings. The predicted molar refractivity (Wildman–Crippen MR) is 83.8 cm³/mol. The number of halogens is 1. The summed E-state index contributed by atoms with van der Waals surface area (Å²) in [6.07, 6.45) is 2.98. The van der Waals surface area contributed by atoms with Gasteiger partial charge in [-0.3, -0.25) is 4.79 Å². The van der Waals surface area contributed by atoms with Gasteiger partial charge in [0.1, 0.15) is 5.75 Å². The molecule has 1 rings (SSSR count). The van der Waals surface area contributed by atoms with Crippen molar-refractivity contribution in [1.82, 2.24) is 4.90 Å². The van der Waals surface area contributed by atoms with Gasteiger partial charge in [0.05, 0.1) is 6.61 Å². The molecule has 0 atom stereocenters. The molecule has 20 heavy (non-hydrogen) atoms. The second kappa shape index (κ2) is 9.65. The number of carbonyl (C=O) groups excluding carboxylic acids is 1. The smallest absolute Gasteiger partial charge is 0.253 e. The molecule has 112 valence electrons. The fourth-order valence-corrected chi connectivity index (χ4v) is 1.98. The summed E-state index contributed by atoms with van der Waals surface area (Å²) >= 11 is 5.68. The molecular weight excluding hydrogens is 274 g/mol. The van der Waals surface area contributed by atoms with Crippen LogP contribution in [-0.2, 0) is 0 Å². The zero-order valence-corrected chi connectivity index (χ0v) is 13.2. The minimum atomic E-state index is 0.0534. The molecular formula is C16H24ClNO2. The zero-order chi connectivity index (χ0) is 14.8. The van der Waals surface area contributed by atoms with E-state index < -0.39 is 0 Å². The van der Waals surface area contributed by atoms with Gasteiger partial charge in [0.15, 0.2) is 0 Å². The standard InChI is InChI=1S/C16H24ClNO2/c1-3-5-13-20-15-9-7-14(8-10-15)16(19)18(4-2)12-6-11-17/h7-10H,3-6,11-13H2,1-2H3. The van der Waals surface area contributed by atoms with Crippen LogP contribution in [-0.4, -0.2) is 36.4 Å². The van der Waals surface area contributed by atoms with E-state index in [1.54, 1.807) is 0 Å². The average Bonchev–Trinajstić information content (AvgIpc) is 2.49. The van der Waals surface area contributed by atoms with E-state index in [-0.39, 0.29) is 5.91 Å². The lowest BCUT2D eigenvalue weighted by molar-refractivity contribution is 0.0765. The first kappa shape index (κ1) is 16.8. The van der Waals surface area contributed by atoms with Gasteiger partial charge < -0.3 is 9.64 Å². The van der Waals surface area contributed by atoms with Crippen LogP contribution in [0.25, 0.3) is 0 Å². The van der Waals surface area contributed by atoms with E-state index in [0.717, 1.165) is 31.6 Å². The first-order valence-electron chi connectivity index (χ1n) is 7.31. The van der Waals surface area contributed by atoms with Gasteiger partial charge in [0.2, 0.25) is 0 Å². The molecule has 3 nitrogen and oxygen atoms in total. The molecule has 4 heteroatoms. The Kier molecular flexibility index (Phi) is 8.12. The Bertz CT molecular complexity index is 392. The van der Waals surface area contributed by atoms with Crippen molar-refractivity contribution < 1.29 is 9.53 Å². The number of nitrogens with zero attached hydrogens (tertiary/aromatic N) is 1. The lowest BCUT2D eigenvalue weighted by Gasteiger charge is -2.20. The fourth-order valence-electron chi connectivity index (χ4n) is 1.86. The normalized spacial score (nSPS) is 10.3. The Morgan fingerprint density at radius 3 is 2.45 bits per heavy atom. The van der Waals surface area contributed by atoms with Crippen LogP contribution in [0.2, 0.25) is 0 Å². The number of ether oxygens (including phenoxy) is 1. The SMILES string of the molecule is CCCCOc1ccc(C(=O)N(CC)CCCCl)cc1. The Hall–Kier alpha value is -1.22. The third kappa shape index (κ3) is 5.41. The van der Waals surface area contributed by atoms with E-state index >= 15 is 0 Å². The first-order valence-corrected chi connectivity index (χ1v) is 7.84. The molecule has 0 aliphatic heterocycles. The Morgan fingerprint density at radius 1 is 1.20 bits per heavy atom. The maximum Gasteiger partial charge on any atom is 0.253 e. The van der Waals surface area contributed by atoms with Crippen LogP contribution < -0.4 is 4.74 Å². The van der Waals surface area contributed by atoms with Crippen molar-refractivity contribution in [1.29, 1.82) is 0 Å². The number of hydrogen-bond acceptors (Lipinski definition) is 2. The van der Waals surface area contributed by atoms with Gasteiger partial charge >= 0.3 is 0 Å². The number of carbonyl (C=O) groups is 1. The third-order valence-corrected chi connectivity index (χ3v) is 3.37. The molecule has 0 aliphatic rings. The highest BCUT2D eigenvalue weighted by Crippen LogP contribution is 2.14. The monoisotopic (exact) mass is 297 g/mol. The second-order valence-corrected chi connectivity index (χ2v) is 5.03. The van der Waals surface area contributed by atoms with Crippen LogP contribution in [0.4, 0.5) is 0 Å². The van der Waals surface area contributed by atoms with Gasteiger partial charge in [-0.05, 0) is 44.0 Å². The van der Waals surface area contributed by atoms with Crippen molar-refractivity contribution in [2.45, 2.75) is 33.1 Å². The van der Waals surface area contributed by atoms with E-state index in [0.29, 0.717) is 24.5 Å². The summed E-state index contributed by atoms with van der Waals surface area (Å²) in [5.74, 6) is 1.45. The Labute approximate surface area is 126 Å². The average molecular weight is 298 g/mol. The van der Waals surface area contributed by atoms with Crippen molar-refractivity contribution in [3.05, 3.63) is 29.8 Å². The van der Waals surface area contributed by atoms with Crippen molar-refractivity contribution in [2.24, 2.45) is 0 Å². The Balaban J connectivity index is 2.59. The Morgan fingerprint density at radius 2 is 1.90 bits per heavy atom. The molecule has 1 amide bonds. The third-order valence-electron chi connectivity index (χ3n) is 3.10. The summed E-state index contributed by atoms with van der Waals surface area (Å²) in [7, 11) is 0. The van der Waals surface area contributed by atoms with Crippen LogP contribution in [0.3, 0.4) is 0 Å². The van der Waals surface area contributed by atoms with Crippen molar-refractivity contribution in [3.63, 3.8) is 0 Å². The number of amides is 1. The fraction of sp³-hybridized carbons (Fsp3) is 0.562. The lowest BCUT2D eigenvalue weighted by atomic mass is 10.2. The molecule has 0 spiro atoms. The molecule has 0 heterocycles. The van der Waals surface area contributed by atoms with Crippen LogP contribution in [0.1, 0.15) is 43.5 Å². The van der Waals surface area contributed by atoms with Gasteiger partial charge in [0.25, 0.3) is 5.91 Å². The van der Waals surface area contributed by atoms with Crippen LogP contribution in [0, 0.1) is 0 Å². The van der Waals surface area contributed by atoms with Crippen LogP contribution in [0.5, 0.6) is 5.75 Å². The quantitative estimate of drug-likeness (QED) is 0.510. The summed E-state index contributed by atoms with van der Waals surface area (Å²) in [5, 5.41) is 0. The summed E-state index contributed by atoms with van der Waals surface area (Å²) in [6, 6.07) is 7.37. The van der Waals surface area contributed by atoms with Crippen molar-refractivity contribution >= 4 is 17.5 Å². The highest BCUT2D eigenvalue weighted by molar-refractivity contribution is 6.17. The largest absolute Gasteiger partial charge is 0.494 e. The number of hydrogen-bond donors (Lipinski definition) is 0. The number of rotatable bonds is 9. The maximum absolute atomic E-state index is 12.3. The molecule has 0 aliphatic carbocycles. The number of benzene rings is 1. The van der Waals surface area contributed by atoms with Gasteiger partial charge in [-0.2, -0.15) is 0 Å². The first-order chi connectivity index (χ1) is 9.72. The number of unbranched alkanes of at least 4 members (excludes halogenated alkanes) is 1. The van der Waals surface area contributed by atoms with Gasteiger partial charge in [0, 0.05) is 24.5 Å². The van der Waals surface area contributed by atoms with Crippen LogP contribution >= 0.6 is 11.6 Å². The highest BCUT2D eigenvalue weighted by Gasteiger charge is 2.13. The maximum atomic E-state index is 12.3. The van der Waals surface area contributed by atoms with Crippen molar-refractivity contribution in [2.75, 3.05) is 25.6 Å². The zero-order valence-electron chi connectivity index (χ0n) is 12.4. The van der Waals surface area contributed by atoms with Crippen molar-refractivity contribution in [3.8, 4) is 5.75 Å². The highest BCUT2D eigenvalue weighted by atomic mass is 35.5. The predicted octanol–water partition coefficient (Wildman–Crippen LogP) is 3.96. The summed E-state index contributed by atoms with van der Waals surface area (Å²) in [6.45, 7) is 6.23. The number of alkyl halides is 1. The van der Waals surface area contributed by atoms with E-state index in [2.05, 4.69) is 6.92 Å². The topological polar surface area (TPSA) is 29.5 Å². The van der Waals surface area contributed by atoms with E-state index in [1.807, 2.05) is 36.1 Å². The molecule has 0 N–H and O–H groups in total. The minimum absolute atomic E-state index is 0.0534. The van der Waals surface area contributed by atoms with Gasteiger partial charge in [-0.25, -0.2) is 0 Å². The molecule has 1 aromatic rings. The molecule has 0 saturated carbocycles. The molecule has 0 bridgehead atoms. The molecule has 0 aromatic heterocycles. The molecule has 0 radical (unpaired) electrons. The van der Waals surface area contributed by atoms with Crippen LogP contribution in [0.15, 0.2) is 24.3 Å². The minimum Gasteiger partial charge on any atom is -0.494 e. The van der Waals surface area contributed by atoms with E-state index in [9.17, 15) is 4.79 Å². The lowest BCUT2D eigenvalue weighted by Crippen LogP contribution is -2.31. The molecule has 0 saturated heterocycles. The summed E-state index contributed by atoms with van der Waals surface area (Å²) in [5.41, 5.74) is 0.698. The van der Waals surface area contributed by atoms with Gasteiger partial charge in [-0.1, -0.05) is 13.3 Å². The summed E-state index contributed by atoms with van der Waals surface area (Å²) < 4.78 is 5.59. The van der Waals surface area contributed by atoms with E-state index in [1.165, 1.54) is 0 Å².